The Morgan fingerprint density at radius 2 is 1.90 bits per heavy atom. The summed E-state index contributed by atoms with van der Waals surface area (Å²) in [4.78, 5) is 0. The predicted octanol–water partition coefficient (Wildman–Crippen LogP) is 3.15. The van der Waals surface area contributed by atoms with Crippen molar-refractivity contribution in [2.24, 2.45) is 0 Å². The summed E-state index contributed by atoms with van der Waals surface area (Å²) in [5.74, 6) is 0. The van der Waals surface area contributed by atoms with Gasteiger partial charge in [0, 0.05) is 12.8 Å². The van der Waals surface area contributed by atoms with E-state index in [1.54, 1.807) is 0 Å². The molecule has 2 atom stereocenters. The Morgan fingerprint density at radius 3 is 2.20 bits per heavy atom. The van der Waals surface area contributed by atoms with E-state index in [1.807, 2.05) is 0 Å². The Balaban J connectivity index is 2.73. The molecule has 0 aromatic heterocycles. The highest BCUT2D eigenvalue weighted by atomic mass is 35.5. The molecular formula is C6H6Cl2F2. The van der Waals surface area contributed by atoms with Crippen LogP contribution >= 0.6 is 23.2 Å². The Bertz CT molecular complexity index is 163. The highest BCUT2D eigenvalue weighted by Gasteiger charge is 2.40. The average Bonchev–Trinajstić information content (AvgIpc) is 1.56. The molecule has 0 aliphatic heterocycles. The summed E-state index contributed by atoms with van der Waals surface area (Å²) in [5.41, 5.74) is 0. The lowest BCUT2D eigenvalue weighted by atomic mass is 10.0. The number of halogens is 4. The molecule has 0 saturated heterocycles. The van der Waals surface area contributed by atoms with Gasteiger partial charge in [0.15, 0.2) is 5.13 Å². The van der Waals surface area contributed by atoms with Gasteiger partial charge >= 0.3 is 0 Å². The molecule has 1 rings (SSSR count). The second kappa shape index (κ2) is 2.35. The van der Waals surface area contributed by atoms with Crippen LogP contribution in [0.4, 0.5) is 8.78 Å². The van der Waals surface area contributed by atoms with Gasteiger partial charge in [0.1, 0.15) is 0 Å². The quantitative estimate of drug-likeness (QED) is 0.403. The van der Waals surface area contributed by atoms with Crippen molar-refractivity contribution in [3.8, 4) is 0 Å². The summed E-state index contributed by atoms with van der Waals surface area (Å²) >= 11 is 10.4. The minimum Gasteiger partial charge on any atom is -0.226 e. The summed E-state index contributed by atoms with van der Waals surface area (Å²) < 4.78 is 25.5. The van der Waals surface area contributed by atoms with Crippen molar-refractivity contribution >= 4 is 23.2 Å². The molecular weight excluding hydrogens is 181 g/mol. The Hall–Kier alpha value is 0.180. The van der Waals surface area contributed by atoms with Crippen LogP contribution in [0.2, 0.25) is 0 Å². The smallest absolute Gasteiger partial charge is 0.206 e. The van der Waals surface area contributed by atoms with Gasteiger partial charge in [-0.1, -0.05) is 29.3 Å². The molecule has 2 unspecified atom stereocenters. The summed E-state index contributed by atoms with van der Waals surface area (Å²) in [6.45, 7) is 0. The van der Waals surface area contributed by atoms with Gasteiger partial charge in [-0.15, -0.1) is 0 Å². The third-order valence-electron chi connectivity index (χ3n) is 1.27. The molecule has 0 amide bonds. The fraction of sp³-hybridized carbons (Fsp3) is 0.667. The van der Waals surface area contributed by atoms with Crippen LogP contribution in [0.15, 0.2) is 12.2 Å². The largest absolute Gasteiger partial charge is 0.226 e. The van der Waals surface area contributed by atoms with E-state index in [0.717, 1.165) is 6.08 Å². The molecule has 1 aliphatic carbocycles. The molecule has 0 saturated carbocycles. The minimum atomic E-state index is -2.10. The number of hydrogen-bond acceptors (Lipinski definition) is 0. The predicted molar refractivity (Wildman–Crippen MR) is 37.8 cm³/mol. The van der Waals surface area contributed by atoms with Crippen molar-refractivity contribution in [1.82, 2.24) is 0 Å². The second-order valence-corrected chi connectivity index (χ2v) is 3.71. The fourth-order valence-electron chi connectivity index (χ4n) is 0.880. The summed E-state index contributed by atoms with van der Waals surface area (Å²) in [5, 5.41) is -4.11. The molecule has 0 aromatic carbocycles. The van der Waals surface area contributed by atoms with Gasteiger partial charge in [-0.05, 0) is 6.08 Å². The van der Waals surface area contributed by atoms with Crippen LogP contribution in [0.3, 0.4) is 0 Å². The first-order valence-corrected chi connectivity index (χ1v) is 3.60. The lowest BCUT2D eigenvalue weighted by Crippen LogP contribution is -2.28. The maximum absolute atomic E-state index is 12.8. The van der Waals surface area contributed by atoms with E-state index < -0.39 is 16.7 Å². The molecule has 4 heteroatoms. The minimum absolute atomic E-state index is 0.0208. The van der Waals surface area contributed by atoms with Crippen LogP contribution in [0.5, 0.6) is 0 Å². The van der Waals surface area contributed by atoms with Gasteiger partial charge in [0.25, 0.3) is 0 Å². The van der Waals surface area contributed by atoms with E-state index in [0.29, 0.717) is 0 Å². The normalized spacial score (nSPS) is 47.6. The standard InChI is InChI=1S/C6H6Cl2F2/c7-5(9)2-1-3-6(8,10)4-5/h1-2H,3-4H2. The first kappa shape index (κ1) is 8.28. The van der Waals surface area contributed by atoms with E-state index in [9.17, 15) is 8.78 Å². The fourth-order valence-corrected chi connectivity index (χ4v) is 1.53. The molecule has 0 spiro atoms. The van der Waals surface area contributed by atoms with E-state index in [2.05, 4.69) is 0 Å². The van der Waals surface area contributed by atoms with Crippen LogP contribution in [0.1, 0.15) is 12.8 Å². The molecule has 10 heavy (non-hydrogen) atoms. The first-order valence-electron chi connectivity index (χ1n) is 2.85. The molecule has 0 N–H and O–H groups in total. The van der Waals surface area contributed by atoms with Crippen molar-refractivity contribution in [3.05, 3.63) is 12.2 Å². The highest BCUT2D eigenvalue weighted by molar-refractivity contribution is 6.27. The van der Waals surface area contributed by atoms with Gasteiger partial charge in [0.2, 0.25) is 5.13 Å². The van der Waals surface area contributed by atoms with Crippen LogP contribution in [0, 0.1) is 0 Å². The topological polar surface area (TPSA) is 0 Å². The Kier molecular flexibility index (Phi) is 1.94. The molecule has 0 aromatic rings. The first-order chi connectivity index (χ1) is 4.41. The zero-order valence-electron chi connectivity index (χ0n) is 5.08. The van der Waals surface area contributed by atoms with Crippen LogP contribution in [-0.2, 0) is 0 Å². The summed E-state index contributed by atoms with van der Waals surface area (Å²) in [6.07, 6.45) is 1.96. The van der Waals surface area contributed by atoms with Crippen LogP contribution in [0.25, 0.3) is 0 Å². The van der Waals surface area contributed by atoms with Gasteiger partial charge in [-0.25, -0.2) is 8.78 Å². The van der Waals surface area contributed by atoms with Crippen molar-refractivity contribution in [3.63, 3.8) is 0 Å². The lowest BCUT2D eigenvalue weighted by Gasteiger charge is -2.26. The van der Waals surface area contributed by atoms with Crippen molar-refractivity contribution in [1.29, 1.82) is 0 Å². The highest BCUT2D eigenvalue weighted by Crippen LogP contribution is 2.41. The summed E-state index contributed by atoms with van der Waals surface area (Å²) in [6, 6.07) is 0. The lowest BCUT2D eigenvalue weighted by molar-refractivity contribution is 0.177. The molecule has 58 valence electrons. The van der Waals surface area contributed by atoms with Crippen LogP contribution in [-0.4, -0.2) is 10.3 Å². The molecule has 0 bridgehead atoms. The van der Waals surface area contributed by atoms with Crippen LogP contribution < -0.4 is 0 Å². The second-order valence-electron chi connectivity index (χ2n) is 2.40. The van der Waals surface area contributed by atoms with Crippen molar-refractivity contribution < 1.29 is 8.78 Å². The molecule has 0 radical (unpaired) electrons. The van der Waals surface area contributed by atoms with Crippen molar-refractivity contribution in [2.45, 2.75) is 23.1 Å². The Morgan fingerprint density at radius 1 is 1.30 bits per heavy atom. The SMILES string of the molecule is FC1(Cl)C=CCC(F)(Cl)C1. The van der Waals surface area contributed by atoms with E-state index >= 15 is 0 Å². The number of alkyl halides is 4. The zero-order valence-corrected chi connectivity index (χ0v) is 6.59. The third-order valence-corrected chi connectivity index (χ3v) is 1.82. The number of hydrogen-bond donors (Lipinski definition) is 0. The molecule has 1 aliphatic rings. The van der Waals surface area contributed by atoms with Crippen molar-refractivity contribution in [2.75, 3.05) is 0 Å². The van der Waals surface area contributed by atoms with E-state index in [4.69, 9.17) is 23.2 Å². The van der Waals surface area contributed by atoms with Gasteiger partial charge in [0.05, 0.1) is 0 Å². The molecule has 0 fully saturated rings. The number of rotatable bonds is 0. The van der Waals surface area contributed by atoms with E-state index in [-0.39, 0.29) is 6.42 Å². The van der Waals surface area contributed by atoms with Gasteiger partial charge < -0.3 is 0 Å². The maximum atomic E-state index is 12.8. The maximum Gasteiger partial charge on any atom is 0.206 e. The third kappa shape index (κ3) is 2.10. The molecule has 0 nitrogen and oxygen atoms in total. The molecule has 0 heterocycles. The van der Waals surface area contributed by atoms with Gasteiger partial charge in [-0.2, -0.15) is 0 Å². The average molecular weight is 187 g/mol. The zero-order chi connectivity index (χ0) is 7.83. The van der Waals surface area contributed by atoms with Gasteiger partial charge in [-0.3, -0.25) is 0 Å². The Labute approximate surface area is 67.8 Å². The monoisotopic (exact) mass is 186 g/mol. The number of allylic oxidation sites excluding steroid dienone is 2. The summed E-state index contributed by atoms with van der Waals surface area (Å²) in [7, 11) is 0. The van der Waals surface area contributed by atoms with E-state index in [1.165, 1.54) is 6.08 Å².